The highest BCUT2D eigenvalue weighted by atomic mass is 35.5. The molecule has 27 heavy (non-hydrogen) atoms. The van der Waals surface area contributed by atoms with Crippen LogP contribution in [0.4, 0.5) is 18.9 Å². The van der Waals surface area contributed by atoms with Gasteiger partial charge in [0.15, 0.2) is 5.69 Å². The van der Waals surface area contributed by atoms with E-state index in [0.717, 1.165) is 6.20 Å². The number of aromatic nitrogens is 2. The van der Waals surface area contributed by atoms with Gasteiger partial charge in [0.25, 0.3) is 0 Å². The van der Waals surface area contributed by atoms with Gasteiger partial charge in [-0.2, -0.15) is 18.3 Å². The van der Waals surface area contributed by atoms with E-state index in [2.05, 4.69) is 20.5 Å². The van der Waals surface area contributed by atoms with Gasteiger partial charge < -0.3 is 15.4 Å². The standard InChI is InChI=1S/C16H17F3N4O3.ClH/c1-3-26-15(25)12-8-21-23(14(12)16(17,18)19)11-6-4-10(5-7-11)22-13(24)9-20-2;/h4-8,20H,3,9H2,1-2H3,(H,22,24);1H. The highest BCUT2D eigenvalue weighted by Gasteiger charge is 2.41. The Bertz CT molecular complexity index is 791. The Hall–Kier alpha value is -2.59. The summed E-state index contributed by atoms with van der Waals surface area (Å²) >= 11 is 0. The van der Waals surface area contributed by atoms with Crippen LogP contribution in [0.25, 0.3) is 5.69 Å². The minimum Gasteiger partial charge on any atom is -0.462 e. The number of amides is 1. The first-order chi connectivity index (χ1) is 12.3. The molecule has 0 fully saturated rings. The van der Waals surface area contributed by atoms with Gasteiger partial charge in [0.05, 0.1) is 25.0 Å². The summed E-state index contributed by atoms with van der Waals surface area (Å²) in [6, 6.07) is 5.59. The number of likely N-dealkylation sites (N-methyl/N-ethyl adjacent to an activating group) is 1. The maximum atomic E-state index is 13.4. The van der Waals surface area contributed by atoms with Crippen molar-refractivity contribution in [3.8, 4) is 5.69 Å². The number of carbonyl (C=O) groups is 2. The Morgan fingerprint density at radius 1 is 1.22 bits per heavy atom. The van der Waals surface area contributed by atoms with E-state index in [0.29, 0.717) is 10.4 Å². The molecule has 148 valence electrons. The third-order valence-corrected chi connectivity index (χ3v) is 3.27. The lowest BCUT2D eigenvalue weighted by Crippen LogP contribution is -2.25. The van der Waals surface area contributed by atoms with Crippen LogP contribution in [0.3, 0.4) is 0 Å². The molecule has 0 saturated heterocycles. The summed E-state index contributed by atoms with van der Waals surface area (Å²) in [6.45, 7) is 1.54. The maximum absolute atomic E-state index is 13.4. The van der Waals surface area contributed by atoms with Gasteiger partial charge in [-0.25, -0.2) is 9.48 Å². The number of carbonyl (C=O) groups excluding carboxylic acids is 2. The zero-order valence-corrected chi connectivity index (χ0v) is 15.3. The average Bonchev–Trinajstić information content (AvgIpc) is 3.01. The molecule has 0 aliphatic carbocycles. The van der Waals surface area contributed by atoms with Gasteiger partial charge in [0, 0.05) is 5.69 Å². The molecule has 2 N–H and O–H groups in total. The summed E-state index contributed by atoms with van der Waals surface area (Å²) in [7, 11) is 1.61. The third kappa shape index (κ3) is 5.44. The number of rotatable bonds is 6. The second kappa shape index (κ2) is 9.38. The first-order valence-corrected chi connectivity index (χ1v) is 7.65. The van der Waals surface area contributed by atoms with Gasteiger partial charge in [0.1, 0.15) is 5.56 Å². The molecule has 0 atom stereocenters. The molecule has 2 aromatic rings. The Balaban J connectivity index is 0.00000364. The van der Waals surface area contributed by atoms with E-state index < -0.39 is 23.4 Å². The number of hydrogen-bond donors (Lipinski definition) is 2. The number of hydrogen-bond acceptors (Lipinski definition) is 5. The normalized spacial score (nSPS) is 10.9. The van der Waals surface area contributed by atoms with Crippen LogP contribution in [0, 0.1) is 0 Å². The van der Waals surface area contributed by atoms with Crippen LogP contribution in [0.15, 0.2) is 30.5 Å². The minimum atomic E-state index is -4.81. The predicted octanol–water partition coefficient (Wildman–Crippen LogP) is 2.65. The van der Waals surface area contributed by atoms with Crippen molar-refractivity contribution in [1.82, 2.24) is 15.1 Å². The molecular weight excluding hydrogens is 389 g/mol. The molecule has 0 bridgehead atoms. The van der Waals surface area contributed by atoms with Crippen molar-refractivity contribution in [2.75, 3.05) is 25.5 Å². The molecule has 7 nitrogen and oxygen atoms in total. The summed E-state index contributed by atoms with van der Waals surface area (Å²) in [5.74, 6) is -1.39. The topological polar surface area (TPSA) is 85.2 Å². The highest BCUT2D eigenvalue weighted by Crippen LogP contribution is 2.34. The zero-order chi connectivity index (χ0) is 19.3. The van der Waals surface area contributed by atoms with Crippen LogP contribution < -0.4 is 10.6 Å². The van der Waals surface area contributed by atoms with Crippen LogP contribution in [0.2, 0.25) is 0 Å². The second-order valence-electron chi connectivity index (χ2n) is 5.16. The van der Waals surface area contributed by atoms with E-state index in [-0.39, 0.29) is 37.2 Å². The Labute approximate surface area is 159 Å². The number of alkyl halides is 3. The van der Waals surface area contributed by atoms with Gasteiger partial charge >= 0.3 is 12.1 Å². The zero-order valence-electron chi connectivity index (χ0n) is 14.5. The average molecular weight is 407 g/mol. The Kier molecular flexibility index (Phi) is 7.80. The van der Waals surface area contributed by atoms with Gasteiger partial charge in [-0.15, -0.1) is 12.4 Å². The molecular formula is C16H18ClF3N4O3. The number of ether oxygens (including phenoxy) is 1. The summed E-state index contributed by atoms with van der Waals surface area (Å²) in [4.78, 5) is 23.3. The fourth-order valence-electron chi connectivity index (χ4n) is 2.23. The van der Waals surface area contributed by atoms with E-state index in [4.69, 9.17) is 0 Å². The van der Waals surface area contributed by atoms with Crippen molar-refractivity contribution in [3.63, 3.8) is 0 Å². The monoisotopic (exact) mass is 406 g/mol. The number of esters is 1. The van der Waals surface area contributed by atoms with Gasteiger partial charge in [-0.1, -0.05) is 0 Å². The molecule has 0 spiro atoms. The second-order valence-corrected chi connectivity index (χ2v) is 5.16. The van der Waals surface area contributed by atoms with E-state index in [1.165, 1.54) is 31.2 Å². The van der Waals surface area contributed by atoms with Crippen LogP contribution >= 0.6 is 12.4 Å². The molecule has 1 amide bonds. The van der Waals surface area contributed by atoms with Crippen LogP contribution in [0.1, 0.15) is 23.0 Å². The largest absolute Gasteiger partial charge is 0.462 e. The molecule has 0 radical (unpaired) electrons. The van der Waals surface area contributed by atoms with Gasteiger partial charge in [0.2, 0.25) is 5.91 Å². The van der Waals surface area contributed by atoms with Crippen molar-refractivity contribution in [2.24, 2.45) is 0 Å². The predicted molar refractivity (Wildman–Crippen MR) is 94.3 cm³/mol. The van der Waals surface area contributed by atoms with E-state index >= 15 is 0 Å². The first-order valence-electron chi connectivity index (χ1n) is 7.65. The molecule has 0 unspecified atom stereocenters. The molecule has 1 heterocycles. The number of nitrogens with zero attached hydrogens (tertiary/aromatic N) is 2. The van der Waals surface area contributed by atoms with Crippen LogP contribution in [0.5, 0.6) is 0 Å². The fourth-order valence-corrected chi connectivity index (χ4v) is 2.23. The smallest absolute Gasteiger partial charge is 0.434 e. The summed E-state index contributed by atoms with van der Waals surface area (Å²) in [5.41, 5.74) is -1.38. The van der Waals surface area contributed by atoms with E-state index in [9.17, 15) is 22.8 Å². The first kappa shape index (κ1) is 22.5. The fraction of sp³-hybridized carbons (Fsp3) is 0.312. The molecule has 0 saturated carbocycles. The molecule has 1 aromatic carbocycles. The summed E-state index contributed by atoms with van der Waals surface area (Å²) in [5, 5.41) is 8.93. The Morgan fingerprint density at radius 3 is 2.37 bits per heavy atom. The van der Waals surface area contributed by atoms with Crippen LogP contribution in [-0.4, -0.2) is 41.9 Å². The van der Waals surface area contributed by atoms with Crippen molar-refractivity contribution < 1.29 is 27.5 Å². The quantitative estimate of drug-likeness (QED) is 0.720. The van der Waals surface area contributed by atoms with Crippen molar-refractivity contribution in [2.45, 2.75) is 13.1 Å². The van der Waals surface area contributed by atoms with Crippen LogP contribution in [-0.2, 0) is 15.7 Å². The van der Waals surface area contributed by atoms with E-state index in [1.54, 1.807) is 7.05 Å². The number of benzene rings is 1. The summed E-state index contributed by atoms with van der Waals surface area (Å²) in [6.07, 6.45) is -3.98. The lowest BCUT2D eigenvalue weighted by Gasteiger charge is -2.13. The molecule has 0 aliphatic rings. The third-order valence-electron chi connectivity index (χ3n) is 3.27. The number of halogens is 4. The molecule has 2 rings (SSSR count). The lowest BCUT2D eigenvalue weighted by atomic mass is 10.2. The van der Waals surface area contributed by atoms with Crippen molar-refractivity contribution >= 4 is 30.0 Å². The van der Waals surface area contributed by atoms with Gasteiger partial charge in [-0.3, -0.25) is 4.79 Å². The molecule has 11 heteroatoms. The highest BCUT2D eigenvalue weighted by molar-refractivity contribution is 5.92. The number of anilines is 1. The molecule has 0 aliphatic heterocycles. The lowest BCUT2D eigenvalue weighted by molar-refractivity contribution is -0.143. The van der Waals surface area contributed by atoms with Gasteiger partial charge in [-0.05, 0) is 38.2 Å². The minimum absolute atomic E-state index is 0. The van der Waals surface area contributed by atoms with Crippen molar-refractivity contribution in [1.29, 1.82) is 0 Å². The SMILES string of the molecule is CCOC(=O)c1cnn(-c2ccc(NC(=O)CNC)cc2)c1C(F)(F)F.Cl. The number of nitrogens with one attached hydrogen (secondary N) is 2. The maximum Gasteiger partial charge on any atom is 0.434 e. The molecule has 1 aromatic heterocycles. The van der Waals surface area contributed by atoms with E-state index in [1.807, 2.05) is 0 Å². The summed E-state index contributed by atoms with van der Waals surface area (Å²) < 4.78 is 45.6. The Morgan fingerprint density at radius 2 is 1.85 bits per heavy atom. The van der Waals surface area contributed by atoms with Crippen molar-refractivity contribution in [3.05, 3.63) is 41.7 Å².